The molecule has 0 aromatic rings. The van der Waals surface area contributed by atoms with E-state index in [1.807, 2.05) is 0 Å². The fourth-order valence-electron chi connectivity index (χ4n) is 2.65. The molecule has 1 saturated carbocycles. The Balaban J connectivity index is 1.94. The van der Waals surface area contributed by atoms with E-state index in [-0.39, 0.29) is 17.9 Å². The van der Waals surface area contributed by atoms with Crippen molar-refractivity contribution in [1.82, 2.24) is 10.2 Å². The second kappa shape index (κ2) is 3.77. The first-order valence-electron chi connectivity index (χ1n) is 5.28. The zero-order chi connectivity index (χ0) is 11.9. The van der Waals surface area contributed by atoms with Crippen LogP contribution in [0.4, 0.5) is 4.79 Å². The molecule has 3 aliphatic rings. The first-order chi connectivity index (χ1) is 7.49. The van der Waals surface area contributed by atoms with Gasteiger partial charge in [0.2, 0.25) is 5.78 Å². The SMILES string of the molecule is CC(=O)C(=O)N1CC2CC(C1)C2NC(=O)O. The molecular weight excluding hydrogens is 212 g/mol. The van der Waals surface area contributed by atoms with Gasteiger partial charge in [-0.05, 0) is 18.3 Å². The summed E-state index contributed by atoms with van der Waals surface area (Å²) in [6.45, 7) is 2.23. The number of rotatable bonds is 2. The van der Waals surface area contributed by atoms with Crippen LogP contribution in [0, 0.1) is 11.8 Å². The molecule has 16 heavy (non-hydrogen) atoms. The van der Waals surface area contributed by atoms with Crippen LogP contribution in [0.15, 0.2) is 0 Å². The first kappa shape index (κ1) is 10.9. The van der Waals surface area contributed by atoms with E-state index in [0.29, 0.717) is 13.1 Å². The highest BCUT2D eigenvalue weighted by molar-refractivity contribution is 6.35. The Morgan fingerprint density at radius 1 is 1.25 bits per heavy atom. The number of hydrogen-bond acceptors (Lipinski definition) is 3. The zero-order valence-corrected chi connectivity index (χ0v) is 8.97. The van der Waals surface area contributed by atoms with E-state index < -0.39 is 17.8 Å². The number of nitrogens with one attached hydrogen (secondary N) is 1. The van der Waals surface area contributed by atoms with Crippen molar-refractivity contribution in [3.8, 4) is 0 Å². The van der Waals surface area contributed by atoms with E-state index >= 15 is 0 Å². The van der Waals surface area contributed by atoms with Gasteiger partial charge in [-0.2, -0.15) is 0 Å². The number of amides is 2. The Bertz CT molecular complexity index is 343. The van der Waals surface area contributed by atoms with Crippen molar-refractivity contribution in [2.75, 3.05) is 13.1 Å². The van der Waals surface area contributed by atoms with Crippen LogP contribution in [-0.4, -0.2) is 46.9 Å². The largest absolute Gasteiger partial charge is 0.465 e. The fraction of sp³-hybridized carbons (Fsp3) is 0.700. The lowest BCUT2D eigenvalue weighted by molar-refractivity contribution is -0.149. The second-order valence-electron chi connectivity index (χ2n) is 4.50. The summed E-state index contributed by atoms with van der Waals surface area (Å²) in [5, 5.41) is 11.1. The molecule has 0 spiro atoms. The van der Waals surface area contributed by atoms with Crippen molar-refractivity contribution >= 4 is 17.8 Å². The van der Waals surface area contributed by atoms with Crippen molar-refractivity contribution in [3.63, 3.8) is 0 Å². The summed E-state index contributed by atoms with van der Waals surface area (Å²) < 4.78 is 0. The molecule has 2 saturated heterocycles. The third-order valence-corrected chi connectivity index (χ3v) is 3.41. The highest BCUT2D eigenvalue weighted by Gasteiger charge is 2.48. The minimum Gasteiger partial charge on any atom is -0.465 e. The predicted octanol–water partition coefficient (Wildman–Crippen LogP) is -0.310. The lowest BCUT2D eigenvalue weighted by atomic mass is 9.66. The van der Waals surface area contributed by atoms with Gasteiger partial charge in [-0.1, -0.05) is 0 Å². The van der Waals surface area contributed by atoms with Crippen LogP contribution in [0.25, 0.3) is 0 Å². The van der Waals surface area contributed by atoms with Crippen LogP contribution in [-0.2, 0) is 9.59 Å². The summed E-state index contributed by atoms with van der Waals surface area (Å²) in [4.78, 5) is 34.4. The first-order valence-corrected chi connectivity index (χ1v) is 5.28. The van der Waals surface area contributed by atoms with E-state index in [9.17, 15) is 14.4 Å². The number of ketones is 1. The van der Waals surface area contributed by atoms with Crippen LogP contribution in [0.1, 0.15) is 13.3 Å². The van der Waals surface area contributed by atoms with Gasteiger partial charge in [0.05, 0.1) is 0 Å². The number of nitrogens with zero attached hydrogens (tertiary/aromatic N) is 1. The highest BCUT2D eigenvalue weighted by Crippen LogP contribution is 2.40. The number of carboxylic acid groups (broad SMARTS) is 1. The molecule has 2 heterocycles. The average molecular weight is 226 g/mol. The third-order valence-electron chi connectivity index (χ3n) is 3.41. The van der Waals surface area contributed by atoms with Gasteiger partial charge < -0.3 is 15.3 Å². The molecule has 6 nitrogen and oxygen atoms in total. The van der Waals surface area contributed by atoms with Gasteiger partial charge >= 0.3 is 6.09 Å². The molecule has 2 amide bonds. The number of carbonyl (C=O) groups excluding carboxylic acids is 2. The Hall–Kier alpha value is -1.59. The minimum atomic E-state index is -1.02. The predicted molar refractivity (Wildman–Crippen MR) is 53.8 cm³/mol. The molecule has 2 aliphatic heterocycles. The summed E-state index contributed by atoms with van der Waals surface area (Å²) in [6.07, 6.45) is -0.0850. The molecule has 0 aromatic carbocycles. The van der Waals surface area contributed by atoms with Crippen molar-refractivity contribution in [1.29, 1.82) is 0 Å². The van der Waals surface area contributed by atoms with Crippen LogP contribution in [0.5, 0.6) is 0 Å². The van der Waals surface area contributed by atoms with Gasteiger partial charge in [-0.25, -0.2) is 4.79 Å². The smallest absolute Gasteiger partial charge is 0.404 e. The molecule has 3 fully saturated rings. The Labute approximate surface area is 92.6 Å². The maximum Gasteiger partial charge on any atom is 0.404 e. The van der Waals surface area contributed by atoms with Gasteiger partial charge in [-0.3, -0.25) is 9.59 Å². The highest BCUT2D eigenvalue weighted by atomic mass is 16.4. The molecule has 2 N–H and O–H groups in total. The van der Waals surface area contributed by atoms with Crippen LogP contribution < -0.4 is 5.32 Å². The van der Waals surface area contributed by atoms with Gasteiger partial charge in [0, 0.05) is 26.1 Å². The standard InChI is InChI=1S/C10H14N2O4/c1-5(13)9(14)12-3-6-2-7(4-12)8(6)11-10(15)16/h6-8,11H,2-4H2,1H3,(H,15,16). The molecule has 0 aromatic heterocycles. The number of carbonyl (C=O) groups is 3. The molecule has 1 aliphatic carbocycles. The van der Waals surface area contributed by atoms with E-state index in [1.165, 1.54) is 11.8 Å². The van der Waals surface area contributed by atoms with Crippen molar-refractivity contribution < 1.29 is 19.5 Å². The van der Waals surface area contributed by atoms with Crippen LogP contribution in [0.2, 0.25) is 0 Å². The Morgan fingerprint density at radius 2 is 1.81 bits per heavy atom. The molecule has 3 rings (SSSR count). The number of Topliss-reactive ketones (excluding diaryl/α,β-unsaturated/α-hetero) is 1. The lowest BCUT2D eigenvalue weighted by Gasteiger charge is -2.53. The number of piperidine rings is 2. The van der Waals surface area contributed by atoms with Gasteiger partial charge in [-0.15, -0.1) is 0 Å². The molecule has 2 bridgehead atoms. The van der Waals surface area contributed by atoms with Gasteiger partial charge in [0.15, 0.2) is 0 Å². The molecule has 2 unspecified atom stereocenters. The normalized spacial score (nSPS) is 31.6. The van der Waals surface area contributed by atoms with Crippen molar-refractivity contribution in [3.05, 3.63) is 0 Å². The Kier molecular flexibility index (Phi) is 2.57. The quantitative estimate of drug-likeness (QED) is 0.632. The Morgan fingerprint density at radius 3 is 2.25 bits per heavy atom. The topological polar surface area (TPSA) is 86.7 Å². The molecule has 2 atom stereocenters. The number of fused-ring (bicyclic) bond motifs is 2. The zero-order valence-electron chi connectivity index (χ0n) is 8.97. The fourth-order valence-corrected chi connectivity index (χ4v) is 2.65. The second-order valence-corrected chi connectivity index (χ2v) is 4.50. The van der Waals surface area contributed by atoms with Crippen molar-refractivity contribution in [2.45, 2.75) is 19.4 Å². The van der Waals surface area contributed by atoms with Crippen LogP contribution >= 0.6 is 0 Å². The third kappa shape index (κ3) is 1.75. The van der Waals surface area contributed by atoms with Gasteiger partial charge in [0.25, 0.3) is 5.91 Å². The summed E-state index contributed by atoms with van der Waals surface area (Å²) in [6, 6.07) is -0.0477. The van der Waals surface area contributed by atoms with E-state index in [4.69, 9.17) is 5.11 Å². The maximum atomic E-state index is 11.4. The minimum absolute atomic E-state index is 0.0477. The summed E-state index contributed by atoms with van der Waals surface area (Å²) >= 11 is 0. The molecular formula is C10H14N2O4. The van der Waals surface area contributed by atoms with Gasteiger partial charge in [0.1, 0.15) is 0 Å². The van der Waals surface area contributed by atoms with Crippen LogP contribution in [0.3, 0.4) is 0 Å². The lowest BCUT2D eigenvalue weighted by Crippen LogP contribution is -2.65. The molecule has 6 heteroatoms. The van der Waals surface area contributed by atoms with Crippen molar-refractivity contribution in [2.24, 2.45) is 11.8 Å². The maximum absolute atomic E-state index is 11.4. The molecule has 88 valence electrons. The molecule has 0 radical (unpaired) electrons. The summed E-state index contributed by atoms with van der Waals surface area (Å²) in [5.41, 5.74) is 0. The monoisotopic (exact) mass is 226 g/mol. The van der Waals surface area contributed by atoms with E-state index in [1.54, 1.807) is 0 Å². The van der Waals surface area contributed by atoms with E-state index in [2.05, 4.69) is 5.32 Å². The average Bonchev–Trinajstić information content (AvgIpc) is 2.24. The summed E-state index contributed by atoms with van der Waals surface area (Å²) in [7, 11) is 0. The number of hydrogen-bond donors (Lipinski definition) is 2. The summed E-state index contributed by atoms with van der Waals surface area (Å²) in [5.74, 6) is -0.580. The van der Waals surface area contributed by atoms with E-state index in [0.717, 1.165) is 6.42 Å².